The van der Waals surface area contributed by atoms with Crippen LogP contribution in [0.2, 0.25) is 0 Å². The maximum absolute atomic E-state index is 13.9. The van der Waals surface area contributed by atoms with Gasteiger partial charge in [-0.25, -0.2) is 4.98 Å². The molecular formula is C29H31N3O2. The number of carbonyl (C=O) groups is 1. The third kappa shape index (κ3) is 4.88. The summed E-state index contributed by atoms with van der Waals surface area (Å²) in [5, 5.41) is 3.30. The van der Waals surface area contributed by atoms with Crippen molar-refractivity contribution in [2.75, 3.05) is 7.11 Å². The van der Waals surface area contributed by atoms with Crippen molar-refractivity contribution in [2.24, 2.45) is 0 Å². The number of imidazole rings is 1. The Morgan fingerprint density at radius 2 is 1.62 bits per heavy atom. The largest absolute Gasteiger partial charge is 0.497 e. The molecule has 5 nitrogen and oxygen atoms in total. The van der Waals surface area contributed by atoms with Crippen LogP contribution in [0, 0.1) is 0 Å². The lowest BCUT2D eigenvalue weighted by molar-refractivity contribution is 0.0926. The van der Waals surface area contributed by atoms with E-state index < -0.39 is 0 Å². The third-order valence-corrected chi connectivity index (χ3v) is 5.96. The van der Waals surface area contributed by atoms with E-state index in [0.29, 0.717) is 17.9 Å². The van der Waals surface area contributed by atoms with Crippen molar-refractivity contribution in [3.63, 3.8) is 0 Å². The molecule has 1 atom stereocenters. The van der Waals surface area contributed by atoms with Crippen molar-refractivity contribution in [3.8, 4) is 28.4 Å². The number of ether oxygens (including phenoxy) is 1. The molecular weight excluding hydrogens is 422 g/mol. The summed E-state index contributed by atoms with van der Waals surface area (Å²) < 4.78 is 7.45. The summed E-state index contributed by atoms with van der Waals surface area (Å²) in [6.45, 7) is 4.79. The van der Waals surface area contributed by atoms with Crippen LogP contribution in [0.3, 0.4) is 0 Å². The van der Waals surface area contributed by atoms with Gasteiger partial charge in [0.05, 0.1) is 13.2 Å². The Kier molecular flexibility index (Phi) is 7.43. The second kappa shape index (κ2) is 10.8. The van der Waals surface area contributed by atoms with E-state index in [4.69, 9.17) is 9.72 Å². The zero-order valence-corrected chi connectivity index (χ0v) is 20.0. The first kappa shape index (κ1) is 23.3. The number of nitrogens with zero attached hydrogens (tertiary/aromatic N) is 2. The molecule has 0 fully saturated rings. The quantitative estimate of drug-likeness (QED) is 0.314. The van der Waals surface area contributed by atoms with Crippen LogP contribution in [-0.4, -0.2) is 22.6 Å². The van der Waals surface area contributed by atoms with Gasteiger partial charge in [0.1, 0.15) is 23.0 Å². The molecule has 1 aromatic heterocycles. The van der Waals surface area contributed by atoms with Crippen LogP contribution in [0.25, 0.3) is 22.6 Å². The van der Waals surface area contributed by atoms with Crippen LogP contribution in [-0.2, 0) is 6.54 Å². The predicted molar refractivity (Wildman–Crippen MR) is 137 cm³/mol. The minimum atomic E-state index is -0.128. The topological polar surface area (TPSA) is 56.1 Å². The molecule has 0 aliphatic rings. The number of hydrogen-bond donors (Lipinski definition) is 1. The predicted octanol–water partition coefficient (Wildman–Crippen LogP) is 6.52. The lowest BCUT2D eigenvalue weighted by Gasteiger charge is -2.20. The normalized spacial score (nSPS) is 11.7. The monoisotopic (exact) mass is 453 g/mol. The van der Waals surface area contributed by atoms with E-state index in [1.807, 2.05) is 84.3 Å². The number of hydrogen-bond acceptors (Lipinski definition) is 3. The number of aromatic nitrogens is 2. The summed E-state index contributed by atoms with van der Waals surface area (Å²) in [7, 11) is 1.64. The molecule has 0 spiro atoms. The van der Waals surface area contributed by atoms with Crippen LogP contribution < -0.4 is 10.1 Å². The lowest BCUT2D eigenvalue weighted by Crippen LogP contribution is -2.30. The Labute approximate surface area is 201 Å². The molecule has 0 aliphatic carbocycles. The van der Waals surface area contributed by atoms with E-state index in [-0.39, 0.29) is 11.9 Å². The van der Waals surface area contributed by atoms with Crippen molar-refractivity contribution in [1.82, 2.24) is 14.9 Å². The average Bonchev–Trinajstić information content (AvgIpc) is 3.29. The first-order valence-electron chi connectivity index (χ1n) is 11.8. The minimum Gasteiger partial charge on any atom is -0.497 e. The molecule has 174 valence electrons. The van der Waals surface area contributed by atoms with Gasteiger partial charge >= 0.3 is 0 Å². The molecule has 1 N–H and O–H groups in total. The van der Waals surface area contributed by atoms with Crippen LogP contribution in [0.15, 0.2) is 84.9 Å². The van der Waals surface area contributed by atoms with Crippen LogP contribution >= 0.6 is 0 Å². The molecule has 1 unspecified atom stereocenters. The van der Waals surface area contributed by atoms with E-state index in [0.717, 1.165) is 41.1 Å². The maximum atomic E-state index is 13.9. The van der Waals surface area contributed by atoms with E-state index in [2.05, 4.69) is 24.4 Å². The fourth-order valence-corrected chi connectivity index (χ4v) is 4.29. The highest BCUT2D eigenvalue weighted by atomic mass is 16.5. The van der Waals surface area contributed by atoms with Crippen molar-refractivity contribution < 1.29 is 9.53 Å². The molecule has 0 saturated heterocycles. The lowest BCUT2D eigenvalue weighted by atomic mass is 10.0. The molecule has 0 bridgehead atoms. The summed E-state index contributed by atoms with van der Waals surface area (Å²) in [6.07, 6.45) is 1.82. The maximum Gasteiger partial charge on any atom is 0.270 e. The van der Waals surface area contributed by atoms with Gasteiger partial charge in [0.2, 0.25) is 0 Å². The molecule has 0 radical (unpaired) electrons. The first-order valence-corrected chi connectivity index (χ1v) is 11.8. The second-order valence-electron chi connectivity index (χ2n) is 8.20. The average molecular weight is 454 g/mol. The fraction of sp³-hybridized carbons (Fsp3) is 0.241. The minimum absolute atomic E-state index is 0.0720. The first-order chi connectivity index (χ1) is 16.7. The zero-order chi connectivity index (χ0) is 23.9. The number of amides is 1. The van der Waals surface area contributed by atoms with Gasteiger partial charge < -0.3 is 14.6 Å². The van der Waals surface area contributed by atoms with E-state index in [9.17, 15) is 4.79 Å². The number of rotatable bonds is 9. The Morgan fingerprint density at radius 3 is 2.26 bits per heavy atom. The molecule has 5 heteroatoms. The van der Waals surface area contributed by atoms with E-state index in [1.165, 1.54) is 0 Å². The molecule has 1 heterocycles. The van der Waals surface area contributed by atoms with Crippen LogP contribution in [0.1, 0.15) is 48.8 Å². The van der Waals surface area contributed by atoms with Crippen molar-refractivity contribution in [1.29, 1.82) is 0 Å². The van der Waals surface area contributed by atoms with Gasteiger partial charge in [0.15, 0.2) is 0 Å². The highest BCUT2D eigenvalue weighted by molar-refractivity contribution is 6.00. The molecule has 3 aromatic carbocycles. The molecule has 0 aliphatic heterocycles. The van der Waals surface area contributed by atoms with Crippen molar-refractivity contribution in [3.05, 3.63) is 96.2 Å². The molecule has 0 saturated carbocycles. The van der Waals surface area contributed by atoms with Gasteiger partial charge in [-0.3, -0.25) is 4.79 Å². The molecule has 4 aromatic rings. The van der Waals surface area contributed by atoms with Crippen LogP contribution in [0.4, 0.5) is 0 Å². The Bertz CT molecular complexity index is 1230. The third-order valence-electron chi connectivity index (χ3n) is 5.96. The van der Waals surface area contributed by atoms with E-state index in [1.54, 1.807) is 7.11 Å². The number of methoxy groups -OCH3 is 1. The second-order valence-corrected chi connectivity index (χ2v) is 8.20. The Balaban J connectivity index is 1.83. The molecule has 34 heavy (non-hydrogen) atoms. The Morgan fingerprint density at radius 1 is 0.941 bits per heavy atom. The number of benzene rings is 3. The van der Waals surface area contributed by atoms with Gasteiger partial charge in [0, 0.05) is 17.7 Å². The number of carbonyl (C=O) groups excluding carboxylic acids is 1. The SMILES string of the molecule is CCCC(NC(=O)c1c(-c2cccc(OC)c2)nc(-c2ccccc2)n1CC)c1ccccc1. The standard InChI is InChI=1S/C29H31N3O2/c1-4-13-25(21-14-8-6-9-15-21)30-29(33)27-26(23-18-12-19-24(20-23)34-3)31-28(32(27)5-2)22-16-10-7-11-17-22/h6-12,14-20,25H,4-5,13H2,1-3H3,(H,30,33). The van der Waals surface area contributed by atoms with Crippen molar-refractivity contribution >= 4 is 5.91 Å². The highest BCUT2D eigenvalue weighted by Gasteiger charge is 2.26. The zero-order valence-electron chi connectivity index (χ0n) is 20.0. The highest BCUT2D eigenvalue weighted by Crippen LogP contribution is 2.32. The van der Waals surface area contributed by atoms with Gasteiger partial charge in [-0.2, -0.15) is 0 Å². The summed E-state index contributed by atoms with van der Waals surface area (Å²) in [4.78, 5) is 18.9. The van der Waals surface area contributed by atoms with Gasteiger partial charge in [-0.05, 0) is 31.0 Å². The van der Waals surface area contributed by atoms with Crippen LogP contribution in [0.5, 0.6) is 5.75 Å². The van der Waals surface area contributed by atoms with Gasteiger partial charge in [-0.1, -0.05) is 86.1 Å². The smallest absolute Gasteiger partial charge is 0.270 e. The van der Waals surface area contributed by atoms with E-state index >= 15 is 0 Å². The van der Waals surface area contributed by atoms with Gasteiger partial charge in [0.25, 0.3) is 5.91 Å². The summed E-state index contributed by atoms with van der Waals surface area (Å²) in [5.41, 5.74) is 4.14. The summed E-state index contributed by atoms with van der Waals surface area (Å²) >= 11 is 0. The summed E-state index contributed by atoms with van der Waals surface area (Å²) in [6, 6.07) is 27.8. The fourth-order valence-electron chi connectivity index (χ4n) is 4.29. The van der Waals surface area contributed by atoms with Crippen molar-refractivity contribution in [2.45, 2.75) is 39.3 Å². The van der Waals surface area contributed by atoms with Gasteiger partial charge in [-0.15, -0.1) is 0 Å². The molecule has 1 amide bonds. The number of nitrogens with one attached hydrogen (secondary N) is 1. The summed E-state index contributed by atoms with van der Waals surface area (Å²) in [5.74, 6) is 1.37. The Hall–Kier alpha value is -3.86. The molecule has 4 rings (SSSR count).